The van der Waals surface area contributed by atoms with E-state index >= 15 is 0 Å². The molecule has 29 heavy (non-hydrogen) atoms. The topological polar surface area (TPSA) is 49.0 Å². The number of nitrogens with zero attached hydrogens (tertiary/aromatic N) is 2. The van der Waals surface area contributed by atoms with E-state index in [1.54, 1.807) is 0 Å². The second-order valence-corrected chi connectivity index (χ2v) is 8.45. The van der Waals surface area contributed by atoms with Crippen molar-refractivity contribution in [3.05, 3.63) is 75.9 Å². The lowest BCUT2D eigenvalue weighted by molar-refractivity contribution is 0.0660. The summed E-state index contributed by atoms with van der Waals surface area (Å²) in [6.07, 6.45) is 5.52. The van der Waals surface area contributed by atoms with Gasteiger partial charge >= 0.3 is 0 Å². The van der Waals surface area contributed by atoms with Gasteiger partial charge in [-0.3, -0.25) is 9.89 Å². The first kappa shape index (κ1) is 18.4. The number of halogens is 1. The van der Waals surface area contributed by atoms with E-state index < -0.39 is 0 Å². The largest absolute Gasteiger partial charge is 0.323 e. The Morgan fingerprint density at radius 1 is 1.07 bits per heavy atom. The van der Waals surface area contributed by atoms with Gasteiger partial charge in [0, 0.05) is 22.2 Å². The number of carbonyl (C=O) groups is 1. The van der Waals surface area contributed by atoms with Crippen LogP contribution in [0.5, 0.6) is 0 Å². The average molecular weight is 406 g/mol. The SMILES string of the molecule is CCc1ccc(C2c3c(-c4ccc(Cl)cc4)n[nH]c3C(=O)N2C2CCCC2)cc1. The molecule has 0 spiro atoms. The Balaban J connectivity index is 1.65. The van der Waals surface area contributed by atoms with Crippen molar-refractivity contribution in [3.63, 3.8) is 0 Å². The highest BCUT2D eigenvalue weighted by molar-refractivity contribution is 6.30. The number of amides is 1. The van der Waals surface area contributed by atoms with Gasteiger partial charge in [0.2, 0.25) is 0 Å². The van der Waals surface area contributed by atoms with Gasteiger partial charge in [-0.2, -0.15) is 5.10 Å². The standard InChI is InChI=1S/C24H24ClN3O/c1-2-15-7-9-17(10-8-15)23-20-21(16-11-13-18(25)14-12-16)26-27-22(20)24(29)28(23)19-5-3-4-6-19/h7-14,19,23H,2-6H2,1H3,(H,26,27). The van der Waals surface area contributed by atoms with E-state index in [2.05, 4.69) is 46.3 Å². The first-order valence-electron chi connectivity index (χ1n) is 10.4. The Morgan fingerprint density at radius 2 is 1.76 bits per heavy atom. The molecule has 1 fully saturated rings. The Hall–Kier alpha value is -2.59. The highest BCUT2D eigenvalue weighted by Gasteiger charge is 2.45. The number of carbonyl (C=O) groups excluding carboxylic acids is 1. The zero-order valence-electron chi connectivity index (χ0n) is 16.5. The van der Waals surface area contributed by atoms with E-state index in [1.165, 1.54) is 18.4 Å². The number of benzene rings is 2. The van der Waals surface area contributed by atoms with Crippen molar-refractivity contribution < 1.29 is 4.79 Å². The third-order valence-corrected chi connectivity index (χ3v) is 6.60. The molecule has 5 heteroatoms. The van der Waals surface area contributed by atoms with Gasteiger partial charge in [-0.25, -0.2) is 0 Å². The molecule has 5 rings (SSSR count). The lowest BCUT2D eigenvalue weighted by atomic mass is 9.94. The fourth-order valence-electron chi connectivity index (χ4n) is 4.82. The van der Waals surface area contributed by atoms with Crippen LogP contribution in [0.25, 0.3) is 11.3 Å². The van der Waals surface area contributed by atoms with E-state index in [9.17, 15) is 4.79 Å². The smallest absolute Gasteiger partial charge is 0.273 e. The predicted octanol–water partition coefficient (Wildman–Crippen LogP) is 5.78. The molecular formula is C24H24ClN3O. The Bertz CT molecular complexity index is 1030. The second-order valence-electron chi connectivity index (χ2n) is 8.02. The molecule has 1 atom stereocenters. The van der Waals surface area contributed by atoms with Crippen LogP contribution in [0.3, 0.4) is 0 Å². The second kappa shape index (κ2) is 7.34. The quantitative estimate of drug-likeness (QED) is 0.598. The van der Waals surface area contributed by atoms with Crippen LogP contribution in [0.1, 0.15) is 65.8 Å². The molecule has 2 aromatic carbocycles. The molecule has 4 nitrogen and oxygen atoms in total. The summed E-state index contributed by atoms with van der Waals surface area (Å²) in [4.78, 5) is 15.5. The molecule has 2 aliphatic rings. The first-order valence-corrected chi connectivity index (χ1v) is 10.8. The zero-order valence-corrected chi connectivity index (χ0v) is 17.2. The molecule has 1 saturated carbocycles. The molecule has 0 saturated heterocycles. The maximum Gasteiger partial charge on any atom is 0.273 e. The van der Waals surface area contributed by atoms with E-state index in [1.807, 2.05) is 24.3 Å². The Morgan fingerprint density at radius 3 is 2.41 bits per heavy atom. The van der Waals surface area contributed by atoms with E-state index in [4.69, 9.17) is 11.6 Å². The van der Waals surface area contributed by atoms with Gasteiger partial charge in [-0.1, -0.05) is 67.8 Å². The number of aromatic nitrogens is 2. The molecular weight excluding hydrogens is 382 g/mol. The Labute approximate surface area is 175 Å². The minimum Gasteiger partial charge on any atom is -0.323 e. The van der Waals surface area contributed by atoms with Crippen LogP contribution in [0.2, 0.25) is 5.02 Å². The van der Waals surface area contributed by atoms with Crippen LogP contribution < -0.4 is 0 Å². The molecule has 148 valence electrons. The van der Waals surface area contributed by atoms with Gasteiger partial charge in [-0.05, 0) is 42.5 Å². The van der Waals surface area contributed by atoms with Gasteiger partial charge in [0.1, 0.15) is 5.69 Å². The third kappa shape index (κ3) is 3.06. The summed E-state index contributed by atoms with van der Waals surface area (Å²) in [6.45, 7) is 2.16. The zero-order chi connectivity index (χ0) is 20.0. The number of nitrogens with one attached hydrogen (secondary N) is 1. The molecule has 1 N–H and O–H groups in total. The summed E-state index contributed by atoms with van der Waals surface area (Å²) in [5, 5.41) is 8.28. The number of aromatic amines is 1. The maximum absolute atomic E-state index is 13.4. The van der Waals surface area contributed by atoms with Crippen molar-refractivity contribution in [2.75, 3.05) is 0 Å². The van der Waals surface area contributed by atoms with Gasteiger partial charge in [-0.15, -0.1) is 0 Å². The van der Waals surface area contributed by atoms with Crippen molar-refractivity contribution in [1.29, 1.82) is 0 Å². The summed E-state index contributed by atoms with van der Waals surface area (Å²) in [5.41, 5.74) is 5.90. The van der Waals surface area contributed by atoms with E-state index in [0.717, 1.165) is 41.6 Å². The summed E-state index contributed by atoms with van der Waals surface area (Å²) in [7, 11) is 0. The van der Waals surface area contributed by atoms with Crippen LogP contribution in [-0.4, -0.2) is 27.0 Å². The van der Waals surface area contributed by atoms with Gasteiger partial charge in [0.25, 0.3) is 5.91 Å². The van der Waals surface area contributed by atoms with Crippen molar-refractivity contribution in [1.82, 2.24) is 15.1 Å². The first-order chi connectivity index (χ1) is 14.2. The number of fused-ring (bicyclic) bond motifs is 1. The maximum atomic E-state index is 13.4. The minimum atomic E-state index is -0.101. The van der Waals surface area contributed by atoms with Crippen LogP contribution >= 0.6 is 11.6 Å². The molecule has 1 aliphatic heterocycles. The molecule has 1 aliphatic carbocycles. The molecule has 1 unspecified atom stereocenters. The minimum absolute atomic E-state index is 0.0733. The van der Waals surface area contributed by atoms with Crippen molar-refractivity contribution in [2.24, 2.45) is 0 Å². The fraction of sp³-hybridized carbons (Fsp3) is 0.333. The normalized spacial score (nSPS) is 19.2. The lowest BCUT2D eigenvalue weighted by Gasteiger charge is -2.32. The third-order valence-electron chi connectivity index (χ3n) is 6.34. The van der Waals surface area contributed by atoms with Crippen LogP contribution in [0.15, 0.2) is 48.5 Å². The summed E-state index contributed by atoms with van der Waals surface area (Å²) >= 11 is 6.09. The summed E-state index contributed by atoms with van der Waals surface area (Å²) < 4.78 is 0. The highest BCUT2D eigenvalue weighted by atomic mass is 35.5. The van der Waals surface area contributed by atoms with Crippen molar-refractivity contribution in [3.8, 4) is 11.3 Å². The van der Waals surface area contributed by atoms with Crippen LogP contribution in [0.4, 0.5) is 0 Å². The van der Waals surface area contributed by atoms with Gasteiger partial charge in [0.05, 0.1) is 11.7 Å². The lowest BCUT2D eigenvalue weighted by Crippen LogP contribution is -2.37. The van der Waals surface area contributed by atoms with Crippen molar-refractivity contribution >= 4 is 17.5 Å². The molecule has 2 heterocycles. The average Bonchev–Trinajstić information content (AvgIpc) is 3.47. The molecule has 0 radical (unpaired) electrons. The summed E-state index contributed by atoms with van der Waals surface area (Å²) in [5.74, 6) is 0.0733. The highest BCUT2D eigenvalue weighted by Crippen LogP contribution is 2.46. The molecule has 1 amide bonds. The number of rotatable bonds is 4. The van der Waals surface area contributed by atoms with Crippen molar-refractivity contribution in [2.45, 2.75) is 51.1 Å². The van der Waals surface area contributed by atoms with Gasteiger partial charge < -0.3 is 4.90 Å². The van der Waals surface area contributed by atoms with Crippen LogP contribution in [-0.2, 0) is 6.42 Å². The van der Waals surface area contributed by atoms with Crippen LogP contribution in [0, 0.1) is 0 Å². The van der Waals surface area contributed by atoms with E-state index in [0.29, 0.717) is 10.7 Å². The number of hydrogen-bond acceptors (Lipinski definition) is 2. The molecule has 3 aromatic rings. The summed E-state index contributed by atoms with van der Waals surface area (Å²) in [6, 6.07) is 16.6. The number of aryl methyl sites for hydroxylation is 1. The number of hydrogen-bond donors (Lipinski definition) is 1. The molecule has 0 bridgehead atoms. The fourth-order valence-corrected chi connectivity index (χ4v) is 4.94. The monoisotopic (exact) mass is 405 g/mol. The predicted molar refractivity (Wildman–Crippen MR) is 115 cm³/mol. The van der Waals surface area contributed by atoms with E-state index in [-0.39, 0.29) is 18.0 Å². The number of H-pyrrole nitrogens is 1. The Kier molecular flexibility index (Phi) is 4.67. The molecule has 1 aromatic heterocycles. The van der Waals surface area contributed by atoms with Gasteiger partial charge in [0.15, 0.2) is 0 Å².